The summed E-state index contributed by atoms with van der Waals surface area (Å²) in [6, 6.07) is 1.63. The molecule has 1 N–H and O–H groups in total. The van der Waals surface area contributed by atoms with E-state index in [1.165, 1.54) is 71.0 Å². The lowest BCUT2D eigenvalue weighted by Gasteiger charge is -2.35. The molecule has 1 saturated heterocycles. The van der Waals surface area contributed by atoms with Crippen LogP contribution in [0, 0.1) is 11.8 Å². The van der Waals surface area contributed by atoms with Gasteiger partial charge in [-0.05, 0) is 64.0 Å². The molecule has 0 amide bonds. The second-order valence-electron chi connectivity index (χ2n) is 6.89. The fraction of sp³-hybridized carbons (Fsp3) is 1.00. The fourth-order valence-electron chi connectivity index (χ4n) is 4.08. The Morgan fingerprint density at radius 2 is 1.78 bits per heavy atom. The van der Waals surface area contributed by atoms with Gasteiger partial charge in [-0.15, -0.1) is 0 Å². The molecule has 0 spiro atoms. The third-order valence-electron chi connectivity index (χ3n) is 5.56. The minimum atomic E-state index is 0.786. The molecule has 2 nitrogen and oxygen atoms in total. The van der Waals surface area contributed by atoms with Crippen LogP contribution >= 0.6 is 0 Å². The van der Waals surface area contributed by atoms with E-state index in [1.54, 1.807) is 0 Å². The van der Waals surface area contributed by atoms with Gasteiger partial charge < -0.3 is 5.32 Å². The minimum absolute atomic E-state index is 0.786. The Hall–Kier alpha value is -0.0800. The Morgan fingerprint density at radius 3 is 2.50 bits per heavy atom. The average molecular weight is 250 g/mol. The maximum Gasteiger partial charge on any atom is 0.0223 e. The van der Waals surface area contributed by atoms with Crippen molar-refractivity contribution in [3.63, 3.8) is 0 Å². The Morgan fingerprint density at radius 1 is 1.00 bits per heavy atom. The first-order chi connectivity index (χ1) is 8.84. The highest BCUT2D eigenvalue weighted by Crippen LogP contribution is 2.36. The molecule has 104 valence electrons. The maximum atomic E-state index is 3.85. The van der Waals surface area contributed by atoms with Crippen molar-refractivity contribution in [1.82, 2.24) is 10.2 Å². The zero-order valence-corrected chi connectivity index (χ0v) is 12.0. The van der Waals surface area contributed by atoms with Crippen LogP contribution in [-0.2, 0) is 0 Å². The molecule has 2 saturated carbocycles. The standard InChI is InChI=1S/C16H30N2/c1-13(14-8-9-14)18-11-5-10-17-16(12-18)15-6-3-2-4-7-15/h13-17H,2-12H2,1H3. The Bertz CT molecular complexity index is 256. The van der Waals surface area contributed by atoms with Crippen LogP contribution in [0.2, 0.25) is 0 Å². The summed E-state index contributed by atoms with van der Waals surface area (Å²) in [4.78, 5) is 2.80. The van der Waals surface area contributed by atoms with Crippen LogP contribution in [0.5, 0.6) is 0 Å². The third-order valence-corrected chi connectivity index (χ3v) is 5.56. The molecule has 2 atom stereocenters. The van der Waals surface area contributed by atoms with Gasteiger partial charge in [0.25, 0.3) is 0 Å². The number of nitrogens with zero attached hydrogens (tertiary/aromatic N) is 1. The lowest BCUT2D eigenvalue weighted by Crippen LogP contribution is -2.46. The number of rotatable bonds is 3. The second-order valence-corrected chi connectivity index (χ2v) is 6.89. The van der Waals surface area contributed by atoms with Crippen molar-refractivity contribution in [3.05, 3.63) is 0 Å². The molecule has 0 aromatic carbocycles. The van der Waals surface area contributed by atoms with E-state index < -0.39 is 0 Å². The van der Waals surface area contributed by atoms with E-state index >= 15 is 0 Å². The summed E-state index contributed by atoms with van der Waals surface area (Å²) in [6.45, 7) is 6.37. The van der Waals surface area contributed by atoms with Gasteiger partial charge in [-0.25, -0.2) is 0 Å². The summed E-state index contributed by atoms with van der Waals surface area (Å²) in [5.41, 5.74) is 0. The first-order valence-electron chi connectivity index (χ1n) is 8.32. The van der Waals surface area contributed by atoms with E-state index in [2.05, 4.69) is 17.1 Å². The van der Waals surface area contributed by atoms with E-state index in [0.29, 0.717) is 0 Å². The highest BCUT2D eigenvalue weighted by molar-refractivity contribution is 4.90. The van der Waals surface area contributed by atoms with Crippen molar-refractivity contribution in [2.75, 3.05) is 19.6 Å². The van der Waals surface area contributed by atoms with Crippen molar-refractivity contribution in [3.8, 4) is 0 Å². The van der Waals surface area contributed by atoms with Gasteiger partial charge in [-0.3, -0.25) is 4.90 Å². The molecule has 3 fully saturated rings. The van der Waals surface area contributed by atoms with Gasteiger partial charge in [0.05, 0.1) is 0 Å². The van der Waals surface area contributed by atoms with Gasteiger partial charge in [0.15, 0.2) is 0 Å². The van der Waals surface area contributed by atoms with E-state index in [1.807, 2.05) is 0 Å². The fourth-order valence-corrected chi connectivity index (χ4v) is 4.08. The van der Waals surface area contributed by atoms with Crippen molar-refractivity contribution in [2.24, 2.45) is 11.8 Å². The molecule has 0 aromatic heterocycles. The van der Waals surface area contributed by atoms with Crippen LogP contribution in [0.3, 0.4) is 0 Å². The van der Waals surface area contributed by atoms with E-state index in [9.17, 15) is 0 Å². The van der Waals surface area contributed by atoms with Gasteiger partial charge in [0, 0.05) is 18.6 Å². The van der Waals surface area contributed by atoms with Gasteiger partial charge in [-0.1, -0.05) is 19.3 Å². The van der Waals surface area contributed by atoms with Crippen LogP contribution in [-0.4, -0.2) is 36.6 Å². The van der Waals surface area contributed by atoms with Gasteiger partial charge in [0.2, 0.25) is 0 Å². The third kappa shape index (κ3) is 3.08. The first-order valence-corrected chi connectivity index (χ1v) is 8.32. The van der Waals surface area contributed by atoms with Crippen LogP contribution in [0.4, 0.5) is 0 Å². The Kier molecular flexibility index (Phi) is 4.25. The molecule has 0 aromatic rings. The predicted octanol–water partition coefficient (Wildman–Crippen LogP) is 3.03. The molecule has 0 bridgehead atoms. The number of nitrogens with one attached hydrogen (secondary N) is 1. The summed E-state index contributed by atoms with van der Waals surface area (Å²) in [5, 5.41) is 3.85. The Labute approximate surface area is 113 Å². The molecule has 0 radical (unpaired) electrons. The molecule has 1 heterocycles. The number of hydrogen-bond donors (Lipinski definition) is 1. The van der Waals surface area contributed by atoms with Crippen molar-refractivity contribution >= 4 is 0 Å². The summed E-state index contributed by atoms with van der Waals surface area (Å²) in [6.07, 6.45) is 11.7. The van der Waals surface area contributed by atoms with Crippen molar-refractivity contribution in [1.29, 1.82) is 0 Å². The molecular formula is C16H30N2. The second kappa shape index (κ2) is 5.92. The van der Waals surface area contributed by atoms with Crippen molar-refractivity contribution in [2.45, 2.75) is 70.4 Å². The molecular weight excluding hydrogens is 220 g/mol. The highest BCUT2D eigenvalue weighted by atomic mass is 15.2. The lowest BCUT2D eigenvalue weighted by molar-refractivity contribution is 0.157. The van der Waals surface area contributed by atoms with E-state index in [-0.39, 0.29) is 0 Å². The largest absolute Gasteiger partial charge is 0.312 e. The predicted molar refractivity (Wildman–Crippen MR) is 76.7 cm³/mol. The van der Waals surface area contributed by atoms with Crippen LogP contribution < -0.4 is 5.32 Å². The zero-order chi connectivity index (χ0) is 12.4. The topological polar surface area (TPSA) is 15.3 Å². The average Bonchev–Trinajstić information content (AvgIpc) is 3.25. The van der Waals surface area contributed by atoms with Gasteiger partial charge in [0.1, 0.15) is 0 Å². The van der Waals surface area contributed by atoms with Crippen LogP contribution in [0.25, 0.3) is 0 Å². The zero-order valence-electron chi connectivity index (χ0n) is 12.0. The van der Waals surface area contributed by atoms with E-state index in [0.717, 1.165) is 23.9 Å². The highest BCUT2D eigenvalue weighted by Gasteiger charge is 2.35. The summed E-state index contributed by atoms with van der Waals surface area (Å²) in [7, 11) is 0. The van der Waals surface area contributed by atoms with Crippen molar-refractivity contribution < 1.29 is 0 Å². The Balaban J connectivity index is 1.59. The molecule has 2 aliphatic carbocycles. The van der Waals surface area contributed by atoms with Crippen LogP contribution in [0.15, 0.2) is 0 Å². The summed E-state index contributed by atoms with van der Waals surface area (Å²) in [5.74, 6) is 1.99. The van der Waals surface area contributed by atoms with Gasteiger partial charge in [-0.2, -0.15) is 0 Å². The SMILES string of the molecule is CC(C1CC1)N1CCCNC(C2CCCCC2)C1. The monoisotopic (exact) mass is 250 g/mol. The maximum absolute atomic E-state index is 3.85. The van der Waals surface area contributed by atoms with Gasteiger partial charge >= 0.3 is 0 Å². The molecule has 3 aliphatic rings. The molecule has 2 unspecified atom stereocenters. The quantitative estimate of drug-likeness (QED) is 0.828. The summed E-state index contributed by atoms with van der Waals surface area (Å²) >= 11 is 0. The first kappa shape index (κ1) is 12.9. The van der Waals surface area contributed by atoms with Crippen LogP contribution in [0.1, 0.15) is 58.3 Å². The molecule has 18 heavy (non-hydrogen) atoms. The summed E-state index contributed by atoms with van der Waals surface area (Å²) < 4.78 is 0. The molecule has 2 heteroatoms. The van der Waals surface area contributed by atoms with E-state index in [4.69, 9.17) is 0 Å². The minimum Gasteiger partial charge on any atom is -0.312 e. The number of hydrogen-bond acceptors (Lipinski definition) is 2. The molecule has 1 aliphatic heterocycles. The normalized spacial score (nSPS) is 34.2. The lowest BCUT2D eigenvalue weighted by atomic mass is 9.83. The molecule has 3 rings (SSSR count). The smallest absolute Gasteiger partial charge is 0.0223 e.